The van der Waals surface area contributed by atoms with Crippen LogP contribution in [0.4, 0.5) is 0 Å². The molecule has 1 aromatic rings. The van der Waals surface area contributed by atoms with Crippen LogP contribution in [0.5, 0.6) is 0 Å². The molecule has 0 fully saturated rings. The molecule has 0 aliphatic rings. The highest BCUT2D eigenvalue weighted by Crippen LogP contribution is 2.12. The third-order valence-electron chi connectivity index (χ3n) is 1.45. The number of benzene rings is 1. The third kappa shape index (κ3) is 4.65. The summed E-state index contributed by atoms with van der Waals surface area (Å²) in [4.78, 5) is 0. The molecule has 0 radical (unpaired) electrons. The Morgan fingerprint density at radius 1 is 1.36 bits per heavy atom. The van der Waals surface area contributed by atoms with Crippen molar-refractivity contribution in [1.82, 2.24) is 0 Å². The Bertz CT molecular complexity index is 438. The first-order valence-corrected chi connectivity index (χ1v) is 6.67. The second-order valence-corrected chi connectivity index (χ2v) is 5.92. The molecule has 0 amide bonds. The quantitative estimate of drug-likeness (QED) is 0.774. The molecule has 5 heteroatoms. The lowest BCUT2D eigenvalue weighted by Crippen LogP contribution is -1.91. The van der Waals surface area contributed by atoms with Crippen LogP contribution in [0.2, 0.25) is 5.02 Å². The second kappa shape index (κ2) is 4.82. The van der Waals surface area contributed by atoms with Gasteiger partial charge in [-0.2, -0.15) is 0 Å². The van der Waals surface area contributed by atoms with Gasteiger partial charge < -0.3 is 0 Å². The second-order valence-electron chi connectivity index (χ2n) is 2.66. The summed E-state index contributed by atoms with van der Waals surface area (Å²) in [6, 6.07) is 7.09. The minimum atomic E-state index is -3.45. The number of rotatable bonds is 3. The van der Waals surface area contributed by atoms with Crippen molar-refractivity contribution in [1.29, 1.82) is 0 Å². The maximum Gasteiger partial charge on any atom is 0.236 e. The van der Waals surface area contributed by atoms with Crippen LogP contribution in [0.1, 0.15) is 5.56 Å². The summed E-state index contributed by atoms with van der Waals surface area (Å²) in [5.41, 5.74) is 0.845. The van der Waals surface area contributed by atoms with Gasteiger partial charge in [-0.1, -0.05) is 35.9 Å². The topological polar surface area (TPSA) is 34.1 Å². The van der Waals surface area contributed by atoms with Gasteiger partial charge in [-0.3, -0.25) is 0 Å². The predicted molar refractivity (Wildman–Crippen MR) is 60.1 cm³/mol. The molecule has 0 N–H and O–H groups in total. The summed E-state index contributed by atoms with van der Waals surface area (Å²) in [5, 5.41) is 0.612. The monoisotopic (exact) mass is 250 g/mol. The summed E-state index contributed by atoms with van der Waals surface area (Å²) in [7, 11) is 1.57. The van der Waals surface area contributed by atoms with Crippen molar-refractivity contribution in [2.45, 2.75) is 0 Å². The van der Waals surface area contributed by atoms with Gasteiger partial charge in [0.25, 0.3) is 0 Å². The number of hydrogen-bond donors (Lipinski definition) is 0. The Morgan fingerprint density at radius 2 is 2.07 bits per heavy atom. The van der Waals surface area contributed by atoms with Crippen LogP contribution in [0.25, 0.3) is 6.08 Å². The van der Waals surface area contributed by atoms with Gasteiger partial charge in [0.15, 0.2) is 0 Å². The molecule has 0 aromatic heterocycles. The summed E-state index contributed by atoms with van der Waals surface area (Å²) >= 11 is 5.74. The molecular weight excluding hydrogens is 243 g/mol. The van der Waals surface area contributed by atoms with Crippen LogP contribution in [0.3, 0.4) is 0 Å². The van der Waals surface area contributed by atoms with E-state index >= 15 is 0 Å². The van der Waals surface area contributed by atoms with E-state index < -0.39 is 9.05 Å². The van der Waals surface area contributed by atoms with E-state index in [0.717, 1.165) is 5.56 Å². The van der Waals surface area contributed by atoms with Gasteiger partial charge in [0.2, 0.25) is 9.05 Å². The highest BCUT2D eigenvalue weighted by atomic mass is 35.7. The fraction of sp³-hybridized carbons (Fsp3) is 0.111. The van der Waals surface area contributed by atoms with E-state index in [1.54, 1.807) is 24.3 Å². The van der Waals surface area contributed by atoms with Gasteiger partial charge in [-0.25, -0.2) is 8.42 Å². The van der Waals surface area contributed by atoms with Crippen LogP contribution in [0.15, 0.2) is 30.3 Å². The van der Waals surface area contributed by atoms with E-state index in [1.165, 1.54) is 6.08 Å². The molecule has 14 heavy (non-hydrogen) atoms. The minimum Gasteiger partial charge on any atom is -0.212 e. The molecule has 0 aliphatic heterocycles. The highest BCUT2D eigenvalue weighted by Gasteiger charge is 1.99. The average Bonchev–Trinajstić information content (AvgIpc) is 2.01. The molecule has 0 bridgehead atoms. The van der Waals surface area contributed by atoms with Gasteiger partial charge in [-0.15, -0.1) is 0 Å². The summed E-state index contributed by atoms with van der Waals surface area (Å²) < 4.78 is 21.2. The summed E-state index contributed by atoms with van der Waals surface area (Å²) in [6.45, 7) is 0. The zero-order valence-electron chi connectivity index (χ0n) is 7.15. The molecule has 0 spiro atoms. The van der Waals surface area contributed by atoms with Gasteiger partial charge in [0, 0.05) is 15.7 Å². The first-order valence-electron chi connectivity index (χ1n) is 3.82. The first-order chi connectivity index (χ1) is 6.47. The van der Waals surface area contributed by atoms with Crippen LogP contribution >= 0.6 is 22.3 Å². The Kier molecular flexibility index (Phi) is 3.98. The smallest absolute Gasteiger partial charge is 0.212 e. The van der Waals surface area contributed by atoms with Crippen LogP contribution in [-0.2, 0) is 9.05 Å². The molecule has 0 saturated heterocycles. The average molecular weight is 251 g/mol. The van der Waals surface area contributed by atoms with Gasteiger partial charge >= 0.3 is 0 Å². The van der Waals surface area contributed by atoms with Crippen LogP contribution in [-0.4, -0.2) is 14.2 Å². The molecule has 0 heterocycles. The molecule has 1 aromatic carbocycles. The molecule has 0 saturated carbocycles. The Labute approximate surface area is 92.6 Å². The van der Waals surface area contributed by atoms with Crippen LogP contribution in [0, 0.1) is 0 Å². The molecule has 2 nitrogen and oxygen atoms in total. The Morgan fingerprint density at radius 3 is 2.64 bits per heavy atom. The van der Waals surface area contributed by atoms with E-state index in [-0.39, 0.29) is 5.75 Å². The summed E-state index contributed by atoms with van der Waals surface area (Å²) in [5.74, 6) is -0.179. The van der Waals surface area contributed by atoms with Gasteiger partial charge in [0.1, 0.15) is 0 Å². The van der Waals surface area contributed by atoms with E-state index in [2.05, 4.69) is 0 Å². The van der Waals surface area contributed by atoms with Gasteiger partial charge in [0.05, 0.1) is 5.75 Å². The highest BCUT2D eigenvalue weighted by molar-refractivity contribution is 8.13. The number of halogens is 2. The van der Waals surface area contributed by atoms with Crippen molar-refractivity contribution in [2.24, 2.45) is 0 Å². The standard InChI is InChI=1S/C9H8Cl2O2S/c10-9-5-1-3-8(7-9)4-2-6-14(11,12)13/h1-5,7H,6H2. The Balaban J connectivity index is 2.70. The lowest BCUT2D eigenvalue weighted by Gasteiger charge is -1.93. The van der Waals surface area contributed by atoms with E-state index in [4.69, 9.17) is 22.3 Å². The molecule has 0 aliphatic carbocycles. The van der Waals surface area contributed by atoms with Gasteiger partial charge in [-0.05, 0) is 17.7 Å². The zero-order valence-corrected chi connectivity index (χ0v) is 9.48. The van der Waals surface area contributed by atoms with Crippen molar-refractivity contribution in [3.05, 3.63) is 40.9 Å². The predicted octanol–water partition coefficient (Wildman–Crippen LogP) is 2.92. The molecule has 0 unspecified atom stereocenters. The lowest BCUT2D eigenvalue weighted by molar-refractivity contribution is 0.612. The van der Waals surface area contributed by atoms with Crippen LogP contribution < -0.4 is 0 Å². The largest absolute Gasteiger partial charge is 0.236 e. The van der Waals surface area contributed by atoms with Crippen molar-refractivity contribution < 1.29 is 8.42 Å². The van der Waals surface area contributed by atoms with E-state index in [0.29, 0.717) is 5.02 Å². The maximum atomic E-state index is 10.6. The maximum absolute atomic E-state index is 10.6. The third-order valence-corrected chi connectivity index (χ3v) is 2.66. The van der Waals surface area contributed by atoms with Crippen molar-refractivity contribution >= 4 is 37.4 Å². The van der Waals surface area contributed by atoms with Crippen molar-refractivity contribution in [3.63, 3.8) is 0 Å². The lowest BCUT2D eigenvalue weighted by atomic mass is 10.2. The fourth-order valence-electron chi connectivity index (χ4n) is 0.909. The summed E-state index contributed by atoms with van der Waals surface area (Å²) in [6.07, 6.45) is 3.14. The first kappa shape index (κ1) is 11.6. The van der Waals surface area contributed by atoms with Crippen molar-refractivity contribution in [3.8, 4) is 0 Å². The van der Waals surface area contributed by atoms with E-state index in [9.17, 15) is 8.42 Å². The fourth-order valence-corrected chi connectivity index (χ4v) is 1.65. The zero-order chi connectivity index (χ0) is 10.6. The molecular formula is C9H8Cl2O2S. The Hall–Kier alpha value is -0.510. The minimum absolute atomic E-state index is 0.179. The number of hydrogen-bond acceptors (Lipinski definition) is 2. The molecule has 1 rings (SSSR count). The SMILES string of the molecule is O=S(=O)(Cl)CC=Cc1cccc(Cl)c1. The molecule has 0 atom stereocenters. The molecule has 76 valence electrons. The normalized spacial score (nSPS) is 12.1. The van der Waals surface area contributed by atoms with E-state index in [1.807, 2.05) is 6.07 Å². The van der Waals surface area contributed by atoms with Crippen molar-refractivity contribution in [2.75, 3.05) is 5.75 Å².